The highest BCUT2D eigenvalue weighted by Gasteiger charge is 2.15. The number of rotatable bonds is 2. The summed E-state index contributed by atoms with van der Waals surface area (Å²) < 4.78 is 0. The molecule has 1 N–H and O–H groups in total. The minimum atomic E-state index is -0.815. The zero-order valence-electron chi connectivity index (χ0n) is 10.4. The Balaban J connectivity index is 2.15. The van der Waals surface area contributed by atoms with Crippen LogP contribution in [0.1, 0.15) is 17.2 Å². The number of aliphatic hydroxyl groups is 1. The van der Waals surface area contributed by atoms with Crippen molar-refractivity contribution in [2.45, 2.75) is 6.10 Å². The fourth-order valence-corrected chi connectivity index (χ4v) is 2.81. The van der Waals surface area contributed by atoms with E-state index in [0.29, 0.717) is 15.6 Å². The van der Waals surface area contributed by atoms with Crippen LogP contribution in [0.5, 0.6) is 0 Å². The summed E-state index contributed by atoms with van der Waals surface area (Å²) in [6.07, 6.45) is 2.63. The molecule has 2 aromatic carbocycles. The van der Waals surface area contributed by atoms with Crippen LogP contribution in [0.3, 0.4) is 0 Å². The summed E-state index contributed by atoms with van der Waals surface area (Å²) in [4.78, 5) is 4.18. The maximum atomic E-state index is 10.6. The highest BCUT2D eigenvalue weighted by Crippen LogP contribution is 2.31. The molecular weight excluding hydrogens is 293 g/mol. The van der Waals surface area contributed by atoms with Gasteiger partial charge in [0.1, 0.15) is 6.10 Å². The molecule has 3 aromatic rings. The molecule has 0 aliphatic rings. The molecule has 100 valence electrons. The summed E-state index contributed by atoms with van der Waals surface area (Å²) in [7, 11) is 0. The van der Waals surface area contributed by atoms with Crippen LogP contribution in [-0.4, -0.2) is 10.1 Å². The molecule has 2 nitrogen and oxygen atoms in total. The van der Waals surface area contributed by atoms with Crippen LogP contribution in [0.15, 0.2) is 54.9 Å². The van der Waals surface area contributed by atoms with Crippen LogP contribution in [0, 0.1) is 0 Å². The number of fused-ring (bicyclic) bond motifs is 1. The summed E-state index contributed by atoms with van der Waals surface area (Å²) in [6, 6.07) is 12.9. The molecule has 1 heterocycles. The molecule has 1 atom stereocenters. The van der Waals surface area contributed by atoms with E-state index in [4.69, 9.17) is 23.2 Å². The molecule has 0 spiro atoms. The van der Waals surface area contributed by atoms with Crippen molar-refractivity contribution in [2.75, 3.05) is 0 Å². The number of benzene rings is 2. The van der Waals surface area contributed by atoms with Crippen molar-refractivity contribution < 1.29 is 5.11 Å². The zero-order chi connectivity index (χ0) is 14.1. The van der Waals surface area contributed by atoms with E-state index in [1.54, 1.807) is 30.6 Å². The smallest absolute Gasteiger partial charge is 0.106 e. The van der Waals surface area contributed by atoms with Crippen molar-refractivity contribution in [3.05, 3.63) is 76.0 Å². The molecule has 20 heavy (non-hydrogen) atoms. The SMILES string of the molecule is OC(c1cc(Cl)cc(Cl)c1)c1cncc2ccccc12. The summed E-state index contributed by atoms with van der Waals surface area (Å²) in [6.45, 7) is 0. The number of hydrogen-bond donors (Lipinski definition) is 1. The minimum Gasteiger partial charge on any atom is -0.384 e. The second kappa shape index (κ2) is 5.41. The maximum Gasteiger partial charge on any atom is 0.106 e. The van der Waals surface area contributed by atoms with Gasteiger partial charge in [0.15, 0.2) is 0 Å². The first kappa shape index (κ1) is 13.4. The third-order valence-corrected chi connectivity index (χ3v) is 3.63. The van der Waals surface area contributed by atoms with E-state index in [1.807, 2.05) is 24.3 Å². The van der Waals surface area contributed by atoms with E-state index >= 15 is 0 Å². The van der Waals surface area contributed by atoms with Crippen molar-refractivity contribution in [2.24, 2.45) is 0 Å². The van der Waals surface area contributed by atoms with Crippen LogP contribution in [0.4, 0.5) is 0 Å². The molecule has 1 aromatic heterocycles. The van der Waals surface area contributed by atoms with Gasteiger partial charge in [-0.3, -0.25) is 4.98 Å². The van der Waals surface area contributed by atoms with E-state index in [-0.39, 0.29) is 0 Å². The van der Waals surface area contributed by atoms with Crippen molar-refractivity contribution in [1.82, 2.24) is 4.98 Å². The third-order valence-electron chi connectivity index (χ3n) is 3.19. The van der Waals surface area contributed by atoms with Crippen molar-refractivity contribution in [3.63, 3.8) is 0 Å². The lowest BCUT2D eigenvalue weighted by Crippen LogP contribution is -2.01. The second-order valence-electron chi connectivity index (χ2n) is 4.56. The fraction of sp³-hybridized carbons (Fsp3) is 0.0625. The molecule has 4 heteroatoms. The van der Waals surface area contributed by atoms with Crippen LogP contribution >= 0.6 is 23.2 Å². The molecule has 0 radical (unpaired) electrons. The van der Waals surface area contributed by atoms with Gasteiger partial charge in [-0.1, -0.05) is 47.5 Å². The first-order valence-corrected chi connectivity index (χ1v) is 6.87. The number of pyridine rings is 1. The van der Waals surface area contributed by atoms with Crippen molar-refractivity contribution in [3.8, 4) is 0 Å². The van der Waals surface area contributed by atoms with E-state index in [9.17, 15) is 5.11 Å². The number of aliphatic hydroxyl groups excluding tert-OH is 1. The summed E-state index contributed by atoms with van der Waals surface area (Å²) >= 11 is 12.0. The second-order valence-corrected chi connectivity index (χ2v) is 5.43. The van der Waals surface area contributed by atoms with Gasteiger partial charge in [-0.2, -0.15) is 0 Å². The molecular formula is C16H11Cl2NO. The zero-order valence-corrected chi connectivity index (χ0v) is 11.9. The number of nitrogens with zero attached hydrogens (tertiary/aromatic N) is 1. The first-order valence-electron chi connectivity index (χ1n) is 6.12. The van der Waals surface area contributed by atoms with Crippen LogP contribution in [0.25, 0.3) is 10.8 Å². The molecule has 0 saturated heterocycles. The number of aromatic nitrogens is 1. The largest absolute Gasteiger partial charge is 0.384 e. The van der Waals surface area contributed by atoms with Gasteiger partial charge in [0.25, 0.3) is 0 Å². The Morgan fingerprint density at radius 1 is 0.950 bits per heavy atom. The van der Waals surface area contributed by atoms with Gasteiger partial charge in [-0.05, 0) is 29.1 Å². The summed E-state index contributed by atoms with van der Waals surface area (Å²) in [5, 5.41) is 13.5. The van der Waals surface area contributed by atoms with Gasteiger partial charge in [-0.15, -0.1) is 0 Å². The molecule has 0 aliphatic heterocycles. The minimum absolute atomic E-state index is 0.500. The molecule has 0 fully saturated rings. The maximum absolute atomic E-state index is 10.6. The number of halogens is 2. The van der Waals surface area contributed by atoms with Gasteiger partial charge >= 0.3 is 0 Å². The summed E-state index contributed by atoms with van der Waals surface area (Å²) in [5.41, 5.74) is 1.39. The van der Waals surface area contributed by atoms with Crippen LogP contribution < -0.4 is 0 Å². The van der Waals surface area contributed by atoms with Gasteiger partial charge in [0.05, 0.1) is 0 Å². The van der Waals surface area contributed by atoms with Crippen LogP contribution in [0.2, 0.25) is 10.0 Å². The first-order chi connectivity index (χ1) is 9.65. The Labute approximate surface area is 126 Å². The Bertz CT molecular complexity index is 748. The van der Waals surface area contributed by atoms with Gasteiger partial charge in [-0.25, -0.2) is 0 Å². The molecule has 1 unspecified atom stereocenters. The lowest BCUT2D eigenvalue weighted by atomic mass is 9.98. The Kier molecular flexibility index (Phi) is 3.62. The van der Waals surface area contributed by atoms with Crippen molar-refractivity contribution in [1.29, 1.82) is 0 Å². The third kappa shape index (κ3) is 2.50. The van der Waals surface area contributed by atoms with Gasteiger partial charge in [0, 0.05) is 33.4 Å². The highest BCUT2D eigenvalue weighted by atomic mass is 35.5. The predicted octanol–water partition coefficient (Wildman–Crippen LogP) is 4.62. The average Bonchev–Trinajstić information content (AvgIpc) is 2.45. The number of hydrogen-bond acceptors (Lipinski definition) is 2. The Morgan fingerprint density at radius 2 is 1.65 bits per heavy atom. The lowest BCUT2D eigenvalue weighted by molar-refractivity contribution is 0.221. The molecule has 0 saturated carbocycles. The molecule has 0 aliphatic carbocycles. The average molecular weight is 304 g/mol. The van der Waals surface area contributed by atoms with E-state index < -0.39 is 6.10 Å². The topological polar surface area (TPSA) is 33.1 Å². The molecule has 0 bridgehead atoms. The standard InChI is InChI=1S/C16H11Cl2NO/c17-12-5-11(6-13(18)7-12)16(20)15-9-19-8-10-3-1-2-4-14(10)15/h1-9,16,20H. The Hall–Kier alpha value is -1.61. The van der Waals surface area contributed by atoms with E-state index in [2.05, 4.69) is 4.98 Å². The Morgan fingerprint density at radius 3 is 2.40 bits per heavy atom. The summed E-state index contributed by atoms with van der Waals surface area (Å²) in [5.74, 6) is 0. The fourth-order valence-electron chi connectivity index (χ4n) is 2.27. The highest BCUT2D eigenvalue weighted by molar-refractivity contribution is 6.34. The van der Waals surface area contributed by atoms with E-state index in [0.717, 1.165) is 16.3 Å². The van der Waals surface area contributed by atoms with E-state index in [1.165, 1.54) is 0 Å². The van der Waals surface area contributed by atoms with Gasteiger partial charge < -0.3 is 5.11 Å². The normalized spacial score (nSPS) is 12.6. The quantitative estimate of drug-likeness (QED) is 0.749. The molecule has 3 rings (SSSR count). The van der Waals surface area contributed by atoms with Crippen LogP contribution in [-0.2, 0) is 0 Å². The lowest BCUT2D eigenvalue weighted by Gasteiger charge is -2.14. The monoisotopic (exact) mass is 303 g/mol. The van der Waals surface area contributed by atoms with Gasteiger partial charge in [0.2, 0.25) is 0 Å². The predicted molar refractivity (Wildman–Crippen MR) is 82.3 cm³/mol. The molecule has 0 amide bonds. The van der Waals surface area contributed by atoms with Crippen molar-refractivity contribution >= 4 is 34.0 Å².